The lowest BCUT2D eigenvalue weighted by Gasteiger charge is -2.24. The number of rotatable bonds is 6. The van der Waals surface area contributed by atoms with Gasteiger partial charge >= 0.3 is 0 Å². The lowest BCUT2D eigenvalue weighted by atomic mass is 9.96. The number of amides is 1. The number of carbonyl (C=O) groups excluding carboxylic acids is 1. The molecule has 1 saturated heterocycles. The third kappa shape index (κ3) is 6.40. The third-order valence-corrected chi connectivity index (χ3v) is 4.03. The molecule has 1 fully saturated rings. The maximum absolute atomic E-state index is 12.3. The van der Waals surface area contributed by atoms with Crippen LogP contribution in [0.5, 0.6) is 5.75 Å². The van der Waals surface area contributed by atoms with Crippen molar-refractivity contribution in [3.05, 3.63) is 29.8 Å². The molecule has 0 bridgehead atoms. The standard InChI is InChI=1S/C18H28N2O2.ClH/c1-13(2)12-22-17-6-4-15(5-7-17)14(3)20-18(21)16-8-10-19-11-9-16;/h4-7,13-14,16,19H,8-12H2,1-3H3,(H,20,21);1H. The second-order valence-corrected chi connectivity index (χ2v) is 6.53. The summed E-state index contributed by atoms with van der Waals surface area (Å²) in [6.45, 7) is 8.90. The summed E-state index contributed by atoms with van der Waals surface area (Å²) in [5.41, 5.74) is 1.11. The first-order chi connectivity index (χ1) is 10.6. The molecule has 0 aromatic heterocycles. The molecule has 23 heavy (non-hydrogen) atoms. The minimum Gasteiger partial charge on any atom is -0.493 e. The van der Waals surface area contributed by atoms with Crippen LogP contribution < -0.4 is 15.4 Å². The van der Waals surface area contributed by atoms with Gasteiger partial charge in [0.2, 0.25) is 5.91 Å². The number of hydrogen-bond donors (Lipinski definition) is 2. The van der Waals surface area contributed by atoms with E-state index in [1.54, 1.807) is 0 Å². The van der Waals surface area contributed by atoms with Gasteiger partial charge in [0.25, 0.3) is 0 Å². The van der Waals surface area contributed by atoms with E-state index in [1.165, 1.54) is 0 Å². The van der Waals surface area contributed by atoms with Crippen LogP contribution in [0.3, 0.4) is 0 Å². The van der Waals surface area contributed by atoms with Gasteiger partial charge in [0, 0.05) is 5.92 Å². The Bertz CT molecular complexity index is 470. The fraction of sp³-hybridized carbons (Fsp3) is 0.611. The molecule has 4 nitrogen and oxygen atoms in total. The molecule has 1 aromatic rings. The molecule has 1 aliphatic rings. The Morgan fingerprint density at radius 3 is 2.39 bits per heavy atom. The Balaban J connectivity index is 0.00000264. The van der Waals surface area contributed by atoms with Crippen molar-refractivity contribution in [1.82, 2.24) is 10.6 Å². The average molecular weight is 341 g/mol. The van der Waals surface area contributed by atoms with E-state index in [1.807, 2.05) is 31.2 Å². The Hall–Kier alpha value is -1.26. The third-order valence-electron chi connectivity index (χ3n) is 4.03. The number of benzene rings is 1. The number of halogens is 1. The first-order valence-corrected chi connectivity index (χ1v) is 8.30. The molecule has 1 unspecified atom stereocenters. The predicted octanol–water partition coefficient (Wildman–Crippen LogP) is 3.32. The fourth-order valence-electron chi connectivity index (χ4n) is 2.61. The maximum Gasteiger partial charge on any atom is 0.223 e. The molecule has 1 amide bonds. The quantitative estimate of drug-likeness (QED) is 0.835. The molecule has 0 saturated carbocycles. The molecule has 2 rings (SSSR count). The van der Waals surface area contributed by atoms with Gasteiger partial charge in [0.05, 0.1) is 12.6 Å². The van der Waals surface area contributed by atoms with Crippen molar-refractivity contribution >= 4 is 18.3 Å². The Kier molecular flexibility index (Phi) is 8.42. The van der Waals surface area contributed by atoms with E-state index in [-0.39, 0.29) is 30.3 Å². The Morgan fingerprint density at radius 2 is 1.83 bits per heavy atom. The monoisotopic (exact) mass is 340 g/mol. The van der Waals surface area contributed by atoms with Crippen molar-refractivity contribution in [3.8, 4) is 5.75 Å². The van der Waals surface area contributed by atoms with E-state index in [9.17, 15) is 4.79 Å². The van der Waals surface area contributed by atoms with Crippen molar-refractivity contribution in [1.29, 1.82) is 0 Å². The highest BCUT2D eigenvalue weighted by Crippen LogP contribution is 2.20. The minimum atomic E-state index is 0. The van der Waals surface area contributed by atoms with Crippen LogP contribution in [0.15, 0.2) is 24.3 Å². The first kappa shape index (κ1) is 19.8. The van der Waals surface area contributed by atoms with Crippen molar-refractivity contribution in [2.24, 2.45) is 11.8 Å². The van der Waals surface area contributed by atoms with Crippen molar-refractivity contribution in [3.63, 3.8) is 0 Å². The van der Waals surface area contributed by atoms with Gasteiger partial charge in [-0.1, -0.05) is 26.0 Å². The van der Waals surface area contributed by atoms with E-state index < -0.39 is 0 Å². The van der Waals surface area contributed by atoms with E-state index >= 15 is 0 Å². The maximum atomic E-state index is 12.3. The molecule has 1 atom stereocenters. The summed E-state index contributed by atoms with van der Waals surface area (Å²) in [4.78, 5) is 12.3. The number of ether oxygens (including phenoxy) is 1. The summed E-state index contributed by atoms with van der Waals surface area (Å²) in [7, 11) is 0. The van der Waals surface area contributed by atoms with Crippen LogP contribution in [0.4, 0.5) is 0 Å². The van der Waals surface area contributed by atoms with Crippen LogP contribution in [-0.2, 0) is 4.79 Å². The second kappa shape index (κ2) is 9.78. The average Bonchev–Trinajstić information content (AvgIpc) is 2.54. The topological polar surface area (TPSA) is 50.4 Å². The van der Waals surface area contributed by atoms with Gasteiger partial charge in [0.1, 0.15) is 5.75 Å². The second-order valence-electron chi connectivity index (χ2n) is 6.53. The minimum absolute atomic E-state index is 0. The summed E-state index contributed by atoms with van der Waals surface area (Å²) < 4.78 is 5.68. The number of nitrogens with one attached hydrogen (secondary N) is 2. The molecule has 1 aromatic carbocycles. The van der Waals surface area contributed by atoms with Crippen LogP contribution in [0.2, 0.25) is 0 Å². The molecule has 1 heterocycles. The zero-order chi connectivity index (χ0) is 15.9. The van der Waals surface area contributed by atoms with Crippen LogP contribution in [0.1, 0.15) is 45.2 Å². The van der Waals surface area contributed by atoms with Gasteiger partial charge in [-0.2, -0.15) is 0 Å². The lowest BCUT2D eigenvalue weighted by Crippen LogP contribution is -2.39. The van der Waals surface area contributed by atoms with Crippen LogP contribution in [0, 0.1) is 11.8 Å². The Labute approximate surface area is 145 Å². The van der Waals surface area contributed by atoms with E-state index in [0.717, 1.165) is 43.9 Å². The van der Waals surface area contributed by atoms with Gasteiger partial charge in [-0.05, 0) is 56.5 Å². The smallest absolute Gasteiger partial charge is 0.223 e. The zero-order valence-electron chi connectivity index (χ0n) is 14.3. The molecule has 0 aliphatic carbocycles. The number of hydrogen-bond acceptors (Lipinski definition) is 3. The number of piperidine rings is 1. The molecule has 1 aliphatic heterocycles. The van der Waals surface area contributed by atoms with Crippen molar-refractivity contribution in [2.45, 2.75) is 39.7 Å². The Morgan fingerprint density at radius 1 is 1.22 bits per heavy atom. The molecule has 130 valence electrons. The van der Waals surface area contributed by atoms with E-state index in [0.29, 0.717) is 5.92 Å². The highest BCUT2D eigenvalue weighted by molar-refractivity contribution is 5.85. The molecule has 0 spiro atoms. The largest absolute Gasteiger partial charge is 0.493 e. The summed E-state index contributed by atoms with van der Waals surface area (Å²) in [6, 6.07) is 8.04. The summed E-state index contributed by atoms with van der Waals surface area (Å²) >= 11 is 0. The first-order valence-electron chi connectivity index (χ1n) is 8.30. The number of carbonyl (C=O) groups is 1. The van der Waals surface area contributed by atoms with E-state index in [2.05, 4.69) is 24.5 Å². The van der Waals surface area contributed by atoms with Gasteiger partial charge in [-0.15, -0.1) is 12.4 Å². The fourth-order valence-corrected chi connectivity index (χ4v) is 2.61. The van der Waals surface area contributed by atoms with E-state index in [4.69, 9.17) is 4.74 Å². The van der Waals surface area contributed by atoms with Gasteiger partial charge < -0.3 is 15.4 Å². The lowest BCUT2D eigenvalue weighted by molar-refractivity contribution is -0.126. The van der Waals surface area contributed by atoms with Crippen molar-refractivity contribution < 1.29 is 9.53 Å². The molecular weight excluding hydrogens is 312 g/mol. The van der Waals surface area contributed by atoms with Gasteiger partial charge in [-0.25, -0.2) is 0 Å². The van der Waals surface area contributed by atoms with Crippen LogP contribution in [0.25, 0.3) is 0 Å². The molecule has 5 heteroatoms. The summed E-state index contributed by atoms with van der Waals surface area (Å²) in [5, 5.41) is 6.41. The van der Waals surface area contributed by atoms with Crippen molar-refractivity contribution in [2.75, 3.05) is 19.7 Å². The molecular formula is C18H29ClN2O2. The van der Waals surface area contributed by atoms with Gasteiger partial charge in [0.15, 0.2) is 0 Å². The van der Waals surface area contributed by atoms with Gasteiger partial charge in [-0.3, -0.25) is 4.79 Å². The predicted molar refractivity (Wildman–Crippen MR) is 96.2 cm³/mol. The SMILES string of the molecule is CC(C)COc1ccc(C(C)NC(=O)C2CCNCC2)cc1.Cl. The van der Waals surface area contributed by atoms with Crippen LogP contribution >= 0.6 is 12.4 Å². The summed E-state index contributed by atoms with van der Waals surface area (Å²) in [6.07, 6.45) is 1.86. The zero-order valence-corrected chi connectivity index (χ0v) is 15.1. The molecule has 2 N–H and O–H groups in total. The highest BCUT2D eigenvalue weighted by atomic mass is 35.5. The summed E-state index contributed by atoms with van der Waals surface area (Å²) in [5.74, 6) is 1.73. The normalized spacial score (nSPS) is 16.5. The molecule has 0 radical (unpaired) electrons. The van der Waals surface area contributed by atoms with Crippen LogP contribution in [-0.4, -0.2) is 25.6 Å². The highest BCUT2D eigenvalue weighted by Gasteiger charge is 2.22.